The van der Waals surface area contributed by atoms with E-state index in [2.05, 4.69) is 64.6 Å². The second kappa shape index (κ2) is 5.29. The summed E-state index contributed by atoms with van der Waals surface area (Å²) in [5.41, 5.74) is 5.91. The van der Waals surface area contributed by atoms with Crippen LogP contribution >= 0.6 is 15.9 Å². The maximum atomic E-state index is 4.89. The average Bonchev–Trinajstić information content (AvgIpc) is 3.09. The van der Waals surface area contributed by atoms with Crippen molar-refractivity contribution in [2.75, 3.05) is 11.9 Å². The molecule has 0 saturated heterocycles. The Balaban J connectivity index is 1.90. The minimum Gasteiger partial charge on any atom is -0.369 e. The second-order valence-corrected chi connectivity index (χ2v) is 6.53. The number of benzene rings is 2. The maximum Gasteiger partial charge on any atom is 0.133 e. The van der Waals surface area contributed by atoms with E-state index < -0.39 is 0 Å². The van der Waals surface area contributed by atoms with E-state index >= 15 is 0 Å². The summed E-state index contributed by atoms with van der Waals surface area (Å²) in [5.74, 6) is 1.12. The number of rotatable bonds is 2. The van der Waals surface area contributed by atoms with Gasteiger partial charge in [-0.25, -0.2) is 4.68 Å². The van der Waals surface area contributed by atoms with Crippen LogP contribution in [0.1, 0.15) is 11.1 Å². The minimum atomic E-state index is 0.972. The van der Waals surface area contributed by atoms with Crippen LogP contribution in [-0.2, 0) is 6.42 Å². The van der Waals surface area contributed by atoms with Crippen LogP contribution in [-0.4, -0.2) is 16.3 Å². The predicted octanol–water partition coefficient (Wildman–Crippen LogP) is 4.58. The number of halogens is 1. The largest absolute Gasteiger partial charge is 0.369 e. The van der Waals surface area contributed by atoms with Crippen molar-refractivity contribution in [1.29, 1.82) is 0 Å². The molecule has 1 aromatic heterocycles. The Hall–Kier alpha value is -2.07. The molecule has 22 heavy (non-hydrogen) atoms. The van der Waals surface area contributed by atoms with Crippen molar-refractivity contribution in [1.82, 2.24) is 9.78 Å². The number of hydrogen-bond donors (Lipinski definition) is 1. The van der Waals surface area contributed by atoms with Gasteiger partial charge in [-0.1, -0.05) is 45.8 Å². The fraction of sp³-hybridized carbons (Fsp3) is 0.167. The topological polar surface area (TPSA) is 29.9 Å². The van der Waals surface area contributed by atoms with Crippen LogP contribution in [0.25, 0.3) is 16.9 Å². The van der Waals surface area contributed by atoms with Crippen molar-refractivity contribution in [2.24, 2.45) is 0 Å². The molecule has 1 aliphatic rings. The zero-order valence-corrected chi connectivity index (χ0v) is 13.9. The van der Waals surface area contributed by atoms with E-state index in [1.165, 1.54) is 16.7 Å². The molecule has 0 spiro atoms. The molecule has 4 heteroatoms. The molecule has 0 fully saturated rings. The van der Waals surface area contributed by atoms with Gasteiger partial charge in [-0.3, -0.25) is 0 Å². The Morgan fingerprint density at radius 3 is 2.82 bits per heavy atom. The van der Waals surface area contributed by atoms with Crippen molar-refractivity contribution < 1.29 is 0 Å². The lowest BCUT2D eigenvalue weighted by atomic mass is 10.0. The molecule has 0 radical (unpaired) electrons. The van der Waals surface area contributed by atoms with Crippen molar-refractivity contribution >= 4 is 21.7 Å². The number of nitrogens with one attached hydrogen (secondary N) is 1. The standard InChI is InChI=1S/C18H16BrN3/c1-12-4-2-5-13(10-12)17-16-8-9-20-18(16)22(21-17)15-7-3-6-14(19)11-15/h2-7,10-11,20H,8-9H2,1H3. The summed E-state index contributed by atoms with van der Waals surface area (Å²) >= 11 is 3.54. The monoisotopic (exact) mass is 353 g/mol. The first-order valence-corrected chi connectivity index (χ1v) is 8.20. The van der Waals surface area contributed by atoms with Gasteiger partial charge >= 0.3 is 0 Å². The number of aryl methyl sites for hydroxylation is 1. The van der Waals surface area contributed by atoms with Crippen molar-refractivity contribution in [3.05, 3.63) is 64.1 Å². The Morgan fingerprint density at radius 1 is 1.14 bits per heavy atom. The van der Waals surface area contributed by atoms with E-state index in [9.17, 15) is 0 Å². The molecular formula is C18H16BrN3. The normalized spacial score (nSPS) is 13.0. The van der Waals surface area contributed by atoms with Crippen LogP contribution in [0.5, 0.6) is 0 Å². The molecule has 0 atom stereocenters. The van der Waals surface area contributed by atoms with Crippen molar-refractivity contribution in [2.45, 2.75) is 13.3 Å². The molecule has 2 heterocycles. The summed E-state index contributed by atoms with van der Waals surface area (Å²) in [6.45, 7) is 3.09. The van der Waals surface area contributed by atoms with Gasteiger partial charge in [0.25, 0.3) is 0 Å². The lowest BCUT2D eigenvalue weighted by molar-refractivity contribution is 0.882. The molecule has 0 amide bonds. The minimum absolute atomic E-state index is 0.972. The fourth-order valence-electron chi connectivity index (χ4n) is 2.99. The van der Waals surface area contributed by atoms with Crippen LogP contribution in [0, 0.1) is 6.92 Å². The van der Waals surface area contributed by atoms with Gasteiger partial charge in [0.1, 0.15) is 5.82 Å². The lowest BCUT2D eigenvalue weighted by Crippen LogP contribution is -2.04. The van der Waals surface area contributed by atoms with Gasteiger partial charge in [0.05, 0.1) is 11.4 Å². The van der Waals surface area contributed by atoms with E-state index in [1.807, 2.05) is 16.8 Å². The van der Waals surface area contributed by atoms with E-state index in [0.717, 1.165) is 34.6 Å². The van der Waals surface area contributed by atoms with E-state index in [-0.39, 0.29) is 0 Å². The summed E-state index contributed by atoms with van der Waals surface area (Å²) < 4.78 is 3.08. The number of nitrogens with zero attached hydrogens (tertiary/aromatic N) is 2. The summed E-state index contributed by atoms with van der Waals surface area (Å²) in [4.78, 5) is 0. The Morgan fingerprint density at radius 2 is 2.00 bits per heavy atom. The van der Waals surface area contributed by atoms with Crippen LogP contribution < -0.4 is 5.32 Å². The van der Waals surface area contributed by atoms with Gasteiger partial charge in [0, 0.05) is 22.1 Å². The molecular weight excluding hydrogens is 338 g/mol. The fourth-order valence-corrected chi connectivity index (χ4v) is 3.38. The third kappa shape index (κ3) is 2.24. The molecule has 3 aromatic rings. The number of anilines is 1. The van der Waals surface area contributed by atoms with Crippen molar-refractivity contribution in [3.63, 3.8) is 0 Å². The first-order valence-electron chi connectivity index (χ1n) is 7.41. The van der Waals surface area contributed by atoms with E-state index in [4.69, 9.17) is 5.10 Å². The molecule has 0 unspecified atom stereocenters. The molecule has 1 aliphatic heterocycles. The van der Waals surface area contributed by atoms with E-state index in [1.54, 1.807) is 0 Å². The van der Waals surface area contributed by atoms with E-state index in [0.29, 0.717) is 0 Å². The van der Waals surface area contributed by atoms with Gasteiger partial charge in [0.15, 0.2) is 0 Å². The maximum absolute atomic E-state index is 4.89. The zero-order chi connectivity index (χ0) is 15.1. The van der Waals surface area contributed by atoms with Crippen LogP contribution in [0.15, 0.2) is 53.0 Å². The Kier molecular flexibility index (Phi) is 3.26. The SMILES string of the molecule is Cc1cccc(-c2nn(-c3cccc(Br)c3)c3c2CCN3)c1. The smallest absolute Gasteiger partial charge is 0.133 e. The molecule has 2 aromatic carbocycles. The van der Waals surface area contributed by atoms with Crippen LogP contribution in [0.3, 0.4) is 0 Å². The third-order valence-electron chi connectivity index (χ3n) is 4.00. The third-order valence-corrected chi connectivity index (χ3v) is 4.49. The molecule has 110 valence electrons. The highest BCUT2D eigenvalue weighted by Crippen LogP contribution is 2.35. The summed E-state index contributed by atoms with van der Waals surface area (Å²) in [5, 5.41) is 8.36. The first-order chi connectivity index (χ1) is 10.7. The highest BCUT2D eigenvalue weighted by molar-refractivity contribution is 9.10. The predicted molar refractivity (Wildman–Crippen MR) is 93.6 cm³/mol. The Labute approximate surface area is 138 Å². The highest BCUT2D eigenvalue weighted by Gasteiger charge is 2.23. The molecule has 0 aliphatic carbocycles. The molecule has 0 saturated carbocycles. The van der Waals surface area contributed by atoms with Crippen molar-refractivity contribution in [3.8, 4) is 16.9 Å². The molecule has 0 bridgehead atoms. The van der Waals surface area contributed by atoms with Gasteiger partial charge in [-0.2, -0.15) is 5.10 Å². The van der Waals surface area contributed by atoms with Gasteiger partial charge in [-0.05, 0) is 37.6 Å². The van der Waals surface area contributed by atoms with Gasteiger partial charge < -0.3 is 5.32 Å². The van der Waals surface area contributed by atoms with Gasteiger partial charge in [-0.15, -0.1) is 0 Å². The zero-order valence-electron chi connectivity index (χ0n) is 12.3. The summed E-state index contributed by atoms with van der Waals surface area (Å²) in [6.07, 6.45) is 1.02. The molecule has 3 nitrogen and oxygen atoms in total. The molecule has 4 rings (SSSR count). The Bertz CT molecular complexity index is 783. The summed E-state index contributed by atoms with van der Waals surface area (Å²) in [6, 6.07) is 16.8. The number of hydrogen-bond acceptors (Lipinski definition) is 2. The summed E-state index contributed by atoms with van der Waals surface area (Å²) in [7, 11) is 0. The quantitative estimate of drug-likeness (QED) is 0.730. The van der Waals surface area contributed by atoms with Gasteiger partial charge in [0.2, 0.25) is 0 Å². The number of aromatic nitrogens is 2. The van der Waals surface area contributed by atoms with Crippen LogP contribution in [0.2, 0.25) is 0 Å². The first kappa shape index (κ1) is 13.6. The van der Waals surface area contributed by atoms with Crippen LogP contribution in [0.4, 0.5) is 5.82 Å². The average molecular weight is 354 g/mol. The number of fused-ring (bicyclic) bond motifs is 1. The highest BCUT2D eigenvalue weighted by atomic mass is 79.9. The second-order valence-electron chi connectivity index (χ2n) is 5.61. The molecule has 1 N–H and O–H groups in total. The lowest BCUT2D eigenvalue weighted by Gasteiger charge is -2.06.